The van der Waals surface area contributed by atoms with Crippen molar-refractivity contribution in [3.05, 3.63) is 66.2 Å². The molecular weight excluding hydrogens is 368 g/mol. The van der Waals surface area contributed by atoms with Gasteiger partial charge in [0.25, 0.3) is 0 Å². The van der Waals surface area contributed by atoms with Crippen LogP contribution in [-0.4, -0.2) is 32.3 Å². The summed E-state index contributed by atoms with van der Waals surface area (Å²) >= 11 is 4.68. The minimum atomic E-state index is -0.512. The number of hydrogen-bond donors (Lipinski definition) is 1. The van der Waals surface area contributed by atoms with E-state index >= 15 is 0 Å². The van der Waals surface area contributed by atoms with Crippen molar-refractivity contribution in [1.29, 1.82) is 0 Å². The second kappa shape index (κ2) is 9.20. The van der Waals surface area contributed by atoms with Crippen LogP contribution in [-0.2, 0) is 9.59 Å². The van der Waals surface area contributed by atoms with Crippen molar-refractivity contribution >= 4 is 35.9 Å². The molecule has 4 nitrogen and oxygen atoms in total. The van der Waals surface area contributed by atoms with E-state index in [9.17, 15) is 9.59 Å². The summed E-state index contributed by atoms with van der Waals surface area (Å²) in [4.78, 5) is 26.2. The fraction of sp³-hybridized carbons (Fsp3) is 0.348. The van der Waals surface area contributed by atoms with E-state index in [1.165, 1.54) is 0 Å². The van der Waals surface area contributed by atoms with Crippen LogP contribution in [0.3, 0.4) is 0 Å². The van der Waals surface area contributed by atoms with Gasteiger partial charge in [-0.2, -0.15) is 4.31 Å². The number of carbonyl (C=O) groups excluding carboxylic acids is 2. The Labute approximate surface area is 172 Å². The number of para-hydroxylation sites is 1. The van der Waals surface area contributed by atoms with Crippen molar-refractivity contribution in [1.82, 2.24) is 4.31 Å². The lowest BCUT2D eigenvalue weighted by Gasteiger charge is -2.19. The Bertz CT molecular complexity index is 865. The number of carbonyl (C=O) groups is 2. The molecule has 2 aromatic carbocycles. The van der Waals surface area contributed by atoms with Gasteiger partial charge < -0.3 is 0 Å². The van der Waals surface area contributed by atoms with Gasteiger partial charge in [0.1, 0.15) is 5.69 Å². The predicted octanol–water partition coefficient (Wildman–Crippen LogP) is 4.74. The van der Waals surface area contributed by atoms with Gasteiger partial charge in [0.15, 0.2) is 11.8 Å². The molecule has 3 rings (SSSR count). The van der Waals surface area contributed by atoms with Gasteiger partial charge in [-0.3, -0.25) is 9.59 Å². The molecule has 0 amide bonds. The van der Waals surface area contributed by atoms with E-state index in [4.69, 9.17) is 0 Å². The van der Waals surface area contributed by atoms with Crippen molar-refractivity contribution in [2.24, 2.45) is 0 Å². The van der Waals surface area contributed by atoms with Crippen LogP contribution in [0.15, 0.2) is 60.7 Å². The summed E-state index contributed by atoms with van der Waals surface area (Å²) in [6, 6.07) is 18.9. The molecule has 0 aromatic heterocycles. The summed E-state index contributed by atoms with van der Waals surface area (Å²) < 4.78 is 3.61. The van der Waals surface area contributed by atoms with E-state index in [2.05, 4.69) is 12.8 Å². The van der Waals surface area contributed by atoms with Crippen molar-refractivity contribution in [2.75, 3.05) is 0 Å². The second-order valence-corrected chi connectivity index (χ2v) is 7.49. The first-order valence-corrected chi connectivity index (χ1v) is 10.3. The van der Waals surface area contributed by atoms with Crippen LogP contribution in [0.25, 0.3) is 0 Å². The highest BCUT2D eigenvalue weighted by Gasteiger charge is 2.53. The fourth-order valence-electron chi connectivity index (χ4n) is 3.81. The summed E-state index contributed by atoms with van der Waals surface area (Å²) in [7, 11) is 0. The third kappa shape index (κ3) is 3.90. The highest BCUT2D eigenvalue weighted by molar-refractivity contribution is 7.78. The minimum Gasteiger partial charge on any atom is -0.295 e. The molecule has 2 unspecified atom stereocenters. The van der Waals surface area contributed by atoms with Crippen LogP contribution in [0, 0.1) is 0 Å². The molecule has 1 aliphatic rings. The molecule has 0 saturated carbocycles. The lowest BCUT2D eigenvalue weighted by Crippen LogP contribution is -2.39. The van der Waals surface area contributed by atoms with E-state index in [-0.39, 0.29) is 17.6 Å². The molecule has 5 heteroatoms. The molecule has 0 radical (unpaired) electrons. The first-order valence-electron chi connectivity index (χ1n) is 9.90. The van der Waals surface area contributed by atoms with Gasteiger partial charge in [0.05, 0.1) is 0 Å². The molecule has 0 N–H and O–H groups in total. The summed E-state index contributed by atoms with van der Waals surface area (Å²) in [5.41, 5.74) is 1.89. The van der Waals surface area contributed by atoms with Gasteiger partial charge in [-0.25, -0.2) is 4.58 Å². The average Bonchev–Trinajstić information content (AvgIpc) is 3.03. The van der Waals surface area contributed by atoms with Gasteiger partial charge in [0.2, 0.25) is 11.8 Å². The number of thiol groups is 1. The number of amidine groups is 1. The maximum Gasteiger partial charge on any atom is 0.334 e. The molecule has 1 aliphatic heterocycles. The quantitative estimate of drug-likeness (QED) is 0.518. The van der Waals surface area contributed by atoms with Crippen molar-refractivity contribution in [3.63, 3.8) is 0 Å². The normalized spacial score (nSPS) is 19.2. The fourth-order valence-corrected chi connectivity index (χ4v) is 4.27. The standard InChI is InChI=1S/C23H27N2O2S/c1-3-11-19(26)22-21(17-13-7-5-8-14-17)24(18-15-9-6-10-16-18)23(25(22)28)20(27)12-4-2/h5-10,13-16,21-22,28H,3-4,11-12H2,1-2H3/q+1. The maximum atomic E-state index is 13.1. The molecule has 0 saturated heterocycles. The topological polar surface area (TPSA) is 40.4 Å². The van der Waals surface area contributed by atoms with E-state index in [0.29, 0.717) is 18.7 Å². The smallest absolute Gasteiger partial charge is 0.295 e. The Kier molecular flexibility index (Phi) is 6.68. The number of ketones is 2. The first kappa shape index (κ1) is 20.3. The van der Waals surface area contributed by atoms with E-state index in [1.807, 2.05) is 79.1 Å². The van der Waals surface area contributed by atoms with Crippen molar-refractivity contribution in [3.8, 4) is 0 Å². The average molecular weight is 396 g/mol. The van der Waals surface area contributed by atoms with Gasteiger partial charge in [0, 0.05) is 31.2 Å². The Morgan fingerprint density at radius 2 is 1.50 bits per heavy atom. The molecule has 28 heavy (non-hydrogen) atoms. The molecule has 0 spiro atoms. The van der Waals surface area contributed by atoms with Gasteiger partial charge in [-0.1, -0.05) is 62.4 Å². The van der Waals surface area contributed by atoms with Crippen molar-refractivity contribution in [2.45, 2.75) is 51.6 Å². The van der Waals surface area contributed by atoms with Crippen LogP contribution >= 0.6 is 12.8 Å². The number of nitrogens with zero attached hydrogens (tertiary/aromatic N) is 2. The van der Waals surface area contributed by atoms with Crippen molar-refractivity contribution < 1.29 is 14.2 Å². The number of hydrogen-bond acceptors (Lipinski definition) is 4. The Morgan fingerprint density at radius 3 is 2.07 bits per heavy atom. The third-order valence-electron chi connectivity index (χ3n) is 5.01. The Morgan fingerprint density at radius 1 is 0.929 bits per heavy atom. The SMILES string of the molecule is CCCC(=O)C1=[N+](c2ccccc2)C(c2ccccc2)C(C(=O)CCC)N1S. The minimum absolute atomic E-state index is 0.00841. The zero-order chi connectivity index (χ0) is 20.1. The van der Waals surface area contributed by atoms with E-state index in [1.54, 1.807) is 4.31 Å². The lowest BCUT2D eigenvalue weighted by molar-refractivity contribution is -0.481. The van der Waals surface area contributed by atoms with E-state index in [0.717, 1.165) is 24.1 Å². The van der Waals surface area contributed by atoms with E-state index < -0.39 is 6.04 Å². The van der Waals surface area contributed by atoms with Crippen LogP contribution in [0.2, 0.25) is 0 Å². The molecule has 2 atom stereocenters. The maximum absolute atomic E-state index is 13.1. The molecule has 2 aromatic rings. The summed E-state index contributed by atoms with van der Waals surface area (Å²) in [5, 5.41) is 0. The number of benzene rings is 2. The zero-order valence-corrected chi connectivity index (χ0v) is 17.3. The highest BCUT2D eigenvalue weighted by Crippen LogP contribution is 2.38. The second-order valence-electron chi connectivity index (χ2n) is 7.06. The zero-order valence-electron chi connectivity index (χ0n) is 16.4. The molecular formula is C23H27N2O2S+. The van der Waals surface area contributed by atoms with Gasteiger partial charge >= 0.3 is 5.84 Å². The summed E-state index contributed by atoms with van der Waals surface area (Å²) in [5.74, 6) is 0.598. The molecule has 1 heterocycles. The monoisotopic (exact) mass is 395 g/mol. The molecule has 0 fully saturated rings. The largest absolute Gasteiger partial charge is 0.334 e. The predicted molar refractivity (Wildman–Crippen MR) is 115 cm³/mol. The van der Waals surface area contributed by atoms with Crippen LogP contribution < -0.4 is 0 Å². The Balaban J connectivity index is 2.23. The Hall–Kier alpha value is -2.40. The lowest BCUT2D eigenvalue weighted by atomic mass is 9.94. The summed E-state index contributed by atoms with van der Waals surface area (Å²) in [6.45, 7) is 3.98. The number of rotatable bonds is 8. The third-order valence-corrected chi connectivity index (χ3v) is 5.45. The summed E-state index contributed by atoms with van der Waals surface area (Å²) in [6.07, 6.45) is 2.40. The van der Waals surface area contributed by atoms with Gasteiger partial charge in [-0.15, -0.1) is 0 Å². The molecule has 0 bridgehead atoms. The van der Waals surface area contributed by atoms with Crippen LogP contribution in [0.1, 0.15) is 51.1 Å². The van der Waals surface area contributed by atoms with Crippen LogP contribution in [0.4, 0.5) is 5.69 Å². The van der Waals surface area contributed by atoms with Crippen LogP contribution in [0.5, 0.6) is 0 Å². The molecule has 0 aliphatic carbocycles. The molecule has 146 valence electrons. The first-order chi connectivity index (χ1) is 13.6. The number of Topliss-reactive ketones (excluding diaryl/α,β-unsaturated/α-hetero) is 2. The highest BCUT2D eigenvalue weighted by atomic mass is 32.1. The van der Waals surface area contributed by atoms with Gasteiger partial charge in [-0.05, 0) is 25.0 Å².